The Kier molecular flexibility index (Phi) is 3.95. The summed E-state index contributed by atoms with van der Waals surface area (Å²) in [6.07, 6.45) is 3.78. The summed E-state index contributed by atoms with van der Waals surface area (Å²) < 4.78 is 5.30. The first kappa shape index (κ1) is 16.1. The number of carbonyl (C=O) groups is 2. The molecule has 1 saturated heterocycles. The highest BCUT2D eigenvalue weighted by Crippen LogP contribution is 2.56. The molecule has 0 bridgehead atoms. The van der Waals surface area contributed by atoms with Gasteiger partial charge in [0.05, 0.1) is 6.61 Å². The molecule has 1 spiro atoms. The van der Waals surface area contributed by atoms with Crippen molar-refractivity contribution in [3.8, 4) is 0 Å². The lowest BCUT2D eigenvalue weighted by Gasteiger charge is -2.64. The number of hydrogen-bond donors (Lipinski definition) is 2. The second-order valence-electron chi connectivity index (χ2n) is 7.23. The molecule has 1 atom stereocenters. The number of likely N-dealkylation sites (tertiary alicyclic amines) is 1. The number of carboxylic acid groups (broad SMARTS) is 1. The standard InChI is InChI=1S/C15H25NO5/c1-13(2,3)21-12(20)16-9-14(7-5-4-6-8-14)15(16,10-17)11(18)19/h17H,4-10H2,1-3H3,(H,18,19)/t15-/m1/s1. The van der Waals surface area contributed by atoms with E-state index in [0.29, 0.717) is 6.54 Å². The number of hydrogen-bond acceptors (Lipinski definition) is 4. The lowest BCUT2D eigenvalue weighted by molar-refractivity contribution is -0.208. The molecule has 1 heterocycles. The van der Waals surface area contributed by atoms with Crippen molar-refractivity contribution in [1.29, 1.82) is 0 Å². The molecule has 1 aliphatic carbocycles. The highest BCUT2D eigenvalue weighted by atomic mass is 16.6. The Hall–Kier alpha value is -1.30. The van der Waals surface area contributed by atoms with Gasteiger partial charge in [-0.05, 0) is 33.6 Å². The first-order valence-electron chi connectivity index (χ1n) is 7.53. The predicted molar refractivity (Wildman–Crippen MR) is 75.9 cm³/mol. The normalized spacial score (nSPS) is 28.1. The third-order valence-electron chi connectivity index (χ3n) is 4.81. The minimum atomic E-state index is -1.53. The van der Waals surface area contributed by atoms with Gasteiger partial charge in [-0.25, -0.2) is 9.59 Å². The molecule has 2 rings (SSSR count). The van der Waals surface area contributed by atoms with Gasteiger partial charge in [-0.15, -0.1) is 0 Å². The summed E-state index contributed by atoms with van der Waals surface area (Å²) >= 11 is 0. The third-order valence-corrected chi connectivity index (χ3v) is 4.81. The molecular formula is C15H25NO5. The first-order chi connectivity index (χ1) is 9.68. The zero-order valence-electron chi connectivity index (χ0n) is 13.0. The van der Waals surface area contributed by atoms with Gasteiger partial charge in [0.15, 0.2) is 5.54 Å². The molecule has 0 aromatic heterocycles. The zero-order chi connectivity index (χ0) is 15.9. The molecule has 0 unspecified atom stereocenters. The van der Waals surface area contributed by atoms with Crippen LogP contribution in [-0.4, -0.2) is 51.5 Å². The van der Waals surface area contributed by atoms with Crippen LogP contribution >= 0.6 is 0 Å². The van der Waals surface area contributed by atoms with E-state index in [9.17, 15) is 19.8 Å². The monoisotopic (exact) mass is 299 g/mol. The predicted octanol–water partition coefficient (Wildman–Crippen LogP) is 2.00. The molecule has 1 amide bonds. The van der Waals surface area contributed by atoms with Crippen LogP contribution in [0.3, 0.4) is 0 Å². The van der Waals surface area contributed by atoms with Crippen molar-refractivity contribution in [2.45, 2.75) is 64.0 Å². The number of amides is 1. The van der Waals surface area contributed by atoms with E-state index in [2.05, 4.69) is 0 Å². The van der Waals surface area contributed by atoms with E-state index < -0.39 is 35.2 Å². The highest BCUT2D eigenvalue weighted by molar-refractivity contribution is 5.88. The van der Waals surface area contributed by atoms with E-state index in [1.807, 2.05) is 0 Å². The topological polar surface area (TPSA) is 87.1 Å². The van der Waals surface area contributed by atoms with Crippen LogP contribution < -0.4 is 0 Å². The Morgan fingerprint density at radius 1 is 1.19 bits per heavy atom. The number of carbonyl (C=O) groups excluding carboxylic acids is 1. The highest BCUT2D eigenvalue weighted by Gasteiger charge is 2.70. The quantitative estimate of drug-likeness (QED) is 0.814. The van der Waals surface area contributed by atoms with Crippen molar-refractivity contribution in [3.05, 3.63) is 0 Å². The van der Waals surface area contributed by atoms with E-state index in [1.54, 1.807) is 20.8 Å². The molecule has 2 aliphatic rings. The Balaban J connectivity index is 2.28. The van der Waals surface area contributed by atoms with Gasteiger partial charge in [0.2, 0.25) is 0 Å². The van der Waals surface area contributed by atoms with Crippen molar-refractivity contribution in [3.63, 3.8) is 0 Å². The molecule has 1 saturated carbocycles. The van der Waals surface area contributed by atoms with Crippen LogP contribution in [-0.2, 0) is 9.53 Å². The number of aliphatic hydroxyl groups is 1. The second-order valence-corrected chi connectivity index (χ2v) is 7.23. The smallest absolute Gasteiger partial charge is 0.411 e. The average Bonchev–Trinajstić information content (AvgIpc) is 2.35. The first-order valence-corrected chi connectivity index (χ1v) is 7.53. The van der Waals surface area contributed by atoms with Crippen LogP contribution in [0.25, 0.3) is 0 Å². The minimum absolute atomic E-state index is 0.356. The fraction of sp³-hybridized carbons (Fsp3) is 0.867. The Labute approximate surface area is 125 Å². The van der Waals surface area contributed by atoms with Crippen LogP contribution in [0.5, 0.6) is 0 Å². The van der Waals surface area contributed by atoms with Crippen molar-refractivity contribution in [2.75, 3.05) is 13.2 Å². The summed E-state index contributed by atoms with van der Waals surface area (Å²) in [5.74, 6) is -1.14. The van der Waals surface area contributed by atoms with Gasteiger partial charge in [0.1, 0.15) is 5.60 Å². The molecule has 2 fully saturated rings. The summed E-state index contributed by atoms with van der Waals surface area (Å²) in [4.78, 5) is 25.4. The molecular weight excluding hydrogens is 274 g/mol. The number of aliphatic hydroxyl groups excluding tert-OH is 1. The van der Waals surface area contributed by atoms with Gasteiger partial charge in [-0.2, -0.15) is 0 Å². The van der Waals surface area contributed by atoms with Gasteiger partial charge < -0.3 is 14.9 Å². The molecule has 0 aromatic rings. The number of ether oxygens (including phenoxy) is 1. The summed E-state index contributed by atoms with van der Waals surface area (Å²) in [5.41, 5.74) is -2.73. The van der Waals surface area contributed by atoms with Crippen LogP contribution in [0.4, 0.5) is 4.79 Å². The number of aliphatic carboxylic acids is 1. The van der Waals surface area contributed by atoms with Crippen molar-refractivity contribution < 1.29 is 24.5 Å². The van der Waals surface area contributed by atoms with E-state index in [-0.39, 0.29) is 0 Å². The van der Waals surface area contributed by atoms with Gasteiger partial charge in [-0.1, -0.05) is 19.3 Å². The van der Waals surface area contributed by atoms with Crippen molar-refractivity contribution in [1.82, 2.24) is 4.90 Å². The van der Waals surface area contributed by atoms with E-state index in [4.69, 9.17) is 4.74 Å². The fourth-order valence-corrected chi connectivity index (χ4v) is 3.76. The Morgan fingerprint density at radius 3 is 2.19 bits per heavy atom. The summed E-state index contributed by atoms with van der Waals surface area (Å²) in [6.45, 7) is 5.00. The largest absolute Gasteiger partial charge is 0.479 e. The molecule has 0 radical (unpaired) electrons. The Bertz CT molecular complexity index is 436. The van der Waals surface area contributed by atoms with E-state index >= 15 is 0 Å². The van der Waals surface area contributed by atoms with Gasteiger partial charge in [0, 0.05) is 12.0 Å². The van der Waals surface area contributed by atoms with Gasteiger partial charge >= 0.3 is 12.1 Å². The van der Waals surface area contributed by atoms with Crippen molar-refractivity contribution >= 4 is 12.1 Å². The van der Waals surface area contributed by atoms with Crippen LogP contribution in [0.15, 0.2) is 0 Å². The number of nitrogens with zero attached hydrogens (tertiary/aromatic N) is 1. The maximum atomic E-state index is 12.3. The summed E-state index contributed by atoms with van der Waals surface area (Å²) in [6, 6.07) is 0. The van der Waals surface area contributed by atoms with Crippen LogP contribution in [0.1, 0.15) is 52.9 Å². The molecule has 0 aromatic carbocycles. The maximum absolute atomic E-state index is 12.3. The number of carboxylic acids is 1. The lowest BCUT2D eigenvalue weighted by atomic mass is 9.54. The SMILES string of the molecule is CC(C)(C)OC(=O)N1CC2(CCCCC2)[C@@]1(CO)C(=O)O. The van der Waals surface area contributed by atoms with Gasteiger partial charge in [0.25, 0.3) is 0 Å². The van der Waals surface area contributed by atoms with Gasteiger partial charge in [-0.3, -0.25) is 4.90 Å². The summed E-state index contributed by atoms with van der Waals surface area (Å²) in [7, 11) is 0. The third kappa shape index (κ3) is 2.39. The van der Waals surface area contributed by atoms with E-state index in [0.717, 1.165) is 32.1 Å². The molecule has 1 aliphatic heterocycles. The summed E-state index contributed by atoms with van der Waals surface area (Å²) in [5, 5.41) is 19.5. The zero-order valence-corrected chi connectivity index (χ0v) is 13.0. The molecule has 120 valence electrons. The fourth-order valence-electron chi connectivity index (χ4n) is 3.76. The number of rotatable bonds is 2. The average molecular weight is 299 g/mol. The van der Waals surface area contributed by atoms with Crippen LogP contribution in [0.2, 0.25) is 0 Å². The second kappa shape index (κ2) is 5.16. The lowest BCUT2D eigenvalue weighted by Crippen LogP contribution is -2.81. The minimum Gasteiger partial charge on any atom is -0.479 e. The molecule has 6 nitrogen and oxygen atoms in total. The van der Waals surface area contributed by atoms with Crippen LogP contribution in [0, 0.1) is 5.41 Å². The molecule has 6 heteroatoms. The molecule has 21 heavy (non-hydrogen) atoms. The van der Waals surface area contributed by atoms with Crippen molar-refractivity contribution in [2.24, 2.45) is 5.41 Å². The Morgan fingerprint density at radius 2 is 1.76 bits per heavy atom. The maximum Gasteiger partial charge on any atom is 0.411 e. The molecule has 2 N–H and O–H groups in total. The van der Waals surface area contributed by atoms with E-state index in [1.165, 1.54) is 4.90 Å².